The highest BCUT2D eigenvalue weighted by molar-refractivity contribution is 5.92. The Bertz CT molecular complexity index is 896. The van der Waals surface area contributed by atoms with Gasteiger partial charge < -0.3 is 9.88 Å². The van der Waals surface area contributed by atoms with Crippen molar-refractivity contribution in [2.45, 2.75) is 19.1 Å². The summed E-state index contributed by atoms with van der Waals surface area (Å²) in [5, 5.41) is 6.32. The van der Waals surface area contributed by atoms with Crippen LogP contribution in [0, 0.1) is 0 Å². The molecule has 0 bridgehead atoms. The van der Waals surface area contributed by atoms with Gasteiger partial charge in [-0.2, -0.15) is 18.3 Å². The molecule has 0 saturated carbocycles. The van der Waals surface area contributed by atoms with Crippen LogP contribution in [-0.2, 0) is 13.2 Å². The average Bonchev–Trinajstić information content (AvgIpc) is 3.24. The molecular weight excluding hydrogens is 345 g/mol. The van der Waals surface area contributed by atoms with Crippen LogP contribution < -0.4 is 5.32 Å². The SMILES string of the molecule is CC(NC(=O)c1cc(C(F)(F)F)n(C)n1)c1ccc(-n2cccc2)cc1. The molecule has 3 aromatic rings. The Morgan fingerprint density at radius 1 is 1.15 bits per heavy atom. The summed E-state index contributed by atoms with van der Waals surface area (Å²) in [4.78, 5) is 12.2. The third-order valence-electron chi connectivity index (χ3n) is 4.05. The van der Waals surface area contributed by atoms with Crippen molar-refractivity contribution in [3.05, 3.63) is 71.8 Å². The Balaban J connectivity index is 1.71. The molecule has 136 valence electrons. The van der Waals surface area contributed by atoms with Gasteiger partial charge in [0.2, 0.25) is 0 Å². The van der Waals surface area contributed by atoms with E-state index in [1.165, 1.54) is 0 Å². The van der Waals surface area contributed by atoms with Crippen LogP contribution in [0.15, 0.2) is 54.9 Å². The molecule has 0 saturated heterocycles. The topological polar surface area (TPSA) is 51.9 Å². The summed E-state index contributed by atoms with van der Waals surface area (Å²) in [6.07, 6.45) is -0.723. The third-order valence-corrected chi connectivity index (χ3v) is 4.05. The smallest absolute Gasteiger partial charge is 0.344 e. The zero-order valence-electron chi connectivity index (χ0n) is 14.2. The van der Waals surface area contributed by atoms with E-state index in [9.17, 15) is 18.0 Å². The molecule has 1 amide bonds. The number of aryl methyl sites for hydroxylation is 1. The second-order valence-electron chi connectivity index (χ2n) is 5.91. The van der Waals surface area contributed by atoms with Gasteiger partial charge in [0.15, 0.2) is 5.69 Å². The molecule has 26 heavy (non-hydrogen) atoms. The van der Waals surface area contributed by atoms with Crippen LogP contribution in [-0.4, -0.2) is 20.3 Å². The first-order chi connectivity index (χ1) is 12.3. The highest BCUT2D eigenvalue weighted by atomic mass is 19.4. The molecular formula is C18H17F3N4O. The lowest BCUT2D eigenvalue weighted by molar-refractivity contribution is -0.143. The van der Waals surface area contributed by atoms with Gasteiger partial charge in [-0.1, -0.05) is 12.1 Å². The summed E-state index contributed by atoms with van der Waals surface area (Å²) in [5.74, 6) is -0.655. The largest absolute Gasteiger partial charge is 0.433 e. The van der Waals surface area contributed by atoms with E-state index in [4.69, 9.17) is 0 Å². The van der Waals surface area contributed by atoms with Gasteiger partial charge in [0.1, 0.15) is 5.69 Å². The van der Waals surface area contributed by atoms with Gasteiger partial charge >= 0.3 is 6.18 Å². The van der Waals surface area contributed by atoms with Crippen molar-refractivity contribution >= 4 is 5.91 Å². The molecule has 0 aliphatic heterocycles. The predicted octanol–water partition coefficient (Wildman–Crippen LogP) is 3.72. The Kier molecular flexibility index (Phi) is 4.58. The summed E-state index contributed by atoms with van der Waals surface area (Å²) in [6, 6.07) is 11.7. The number of carbonyl (C=O) groups is 1. The minimum absolute atomic E-state index is 0.268. The third kappa shape index (κ3) is 3.63. The van der Waals surface area contributed by atoms with Crippen LogP contribution in [0.2, 0.25) is 0 Å². The van der Waals surface area contributed by atoms with Gasteiger partial charge in [0.25, 0.3) is 5.91 Å². The van der Waals surface area contributed by atoms with Crippen LogP contribution in [0.3, 0.4) is 0 Å². The molecule has 0 spiro atoms. The second-order valence-corrected chi connectivity index (χ2v) is 5.91. The zero-order valence-corrected chi connectivity index (χ0v) is 14.2. The quantitative estimate of drug-likeness (QED) is 0.769. The monoisotopic (exact) mass is 362 g/mol. The standard InChI is InChI=1S/C18H17F3N4O/c1-12(13-5-7-14(8-6-13)25-9-3-4-10-25)22-17(26)15-11-16(18(19,20)21)24(2)23-15/h3-12H,1-2H3,(H,22,26). The maximum Gasteiger partial charge on any atom is 0.433 e. The lowest BCUT2D eigenvalue weighted by Gasteiger charge is -2.14. The van der Waals surface area contributed by atoms with Crippen LogP contribution in [0.5, 0.6) is 0 Å². The number of carbonyl (C=O) groups excluding carboxylic acids is 1. The fourth-order valence-corrected chi connectivity index (χ4v) is 2.64. The highest BCUT2D eigenvalue weighted by Crippen LogP contribution is 2.29. The van der Waals surface area contributed by atoms with Crippen molar-refractivity contribution in [2.24, 2.45) is 7.05 Å². The average molecular weight is 362 g/mol. The van der Waals surface area contributed by atoms with Crippen LogP contribution >= 0.6 is 0 Å². The first-order valence-electron chi connectivity index (χ1n) is 7.91. The minimum atomic E-state index is -4.56. The van der Waals surface area contributed by atoms with Crippen molar-refractivity contribution < 1.29 is 18.0 Å². The fourth-order valence-electron chi connectivity index (χ4n) is 2.64. The van der Waals surface area contributed by atoms with Crippen molar-refractivity contribution in [2.75, 3.05) is 0 Å². The molecule has 1 N–H and O–H groups in total. The number of benzene rings is 1. The summed E-state index contributed by atoms with van der Waals surface area (Å²) in [5.41, 5.74) is 0.570. The maximum atomic E-state index is 12.8. The molecule has 8 heteroatoms. The van der Waals surface area contributed by atoms with Crippen LogP contribution in [0.1, 0.15) is 34.7 Å². The van der Waals surface area contributed by atoms with Crippen molar-refractivity contribution in [3.63, 3.8) is 0 Å². The van der Waals surface area contributed by atoms with Crippen LogP contribution in [0.4, 0.5) is 13.2 Å². The number of aromatic nitrogens is 3. The van der Waals surface area contributed by atoms with E-state index in [-0.39, 0.29) is 11.7 Å². The van der Waals surface area contributed by atoms with E-state index in [0.717, 1.165) is 24.4 Å². The van der Waals surface area contributed by atoms with E-state index in [1.807, 2.05) is 53.4 Å². The Morgan fingerprint density at radius 3 is 2.31 bits per heavy atom. The number of amides is 1. The Labute approximate surface area is 148 Å². The summed E-state index contributed by atoms with van der Waals surface area (Å²) in [7, 11) is 1.16. The number of nitrogens with one attached hydrogen (secondary N) is 1. The second kappa shape index (κ2) is 6.70. The van der Waals surface area contributed by atoms with Gasteiger partial charge in [-0.25, -0.2) is 0 Å². The van der Waals surface area contributed by atoms with Gasteiger partial charge in [-0.05, 0) is 36.8 Å². The first kappa shape index (κ1) is 17.8. The maximum absolute atomic E-state index is 12.8. The van der Waals surface area contributed by atoms with E-state index < -0.39 is 17.8 Å². The molecule has 0 radical (unpaired) electrons. The fraction of sp³-hybridized carbons (Fsp3) is 0.222. The van der Waals surface area contributed by atoms with Gasteiger partial charge in [0.05, 0.1) is 6.04 Å². The lowest BCUT2D eigenvalue weighted by Crippen LogP contribution is -2.27. The molecule has 2 aromatic heterocycles. The molecule has 0 fully saturated rings. The van der Waals surface area contributed by atoms with Crippen molar-refractivity contribution in [1.82, 2.24) is 19.7 Å². The van der Waals surface area contributed by atoms with Gasteiger partial charge in [-0.15, -0.1) is 0 Å². The molecule has 3 rings (SSSR count). The Morgan fingerprint density at radius 2 is 1.77 bits per heavy atom. The molecule has 5 nitrogen and oxygen atoms in total. The number of alkyl halides is 3. The summed E-state index contributed by atoms with van der Waals surface area (Å²) < 4.78 is 41.0. The lowest BCUT2D eigenvalue weighted by atomic mass is 10.1. The molecule has 1 aromatic carbocycles. The molecule has 1 unspecified atom stereocenters. The molecule has 2 heterocycles. The molecule has 1 atom stereocenters. The van der Waals surface area contributed by atoms with Gasteiger partial charge in [0, 0.05) is 31.2 Å². The molecule has 0 aliphatic carbocycles. The number of hydrogen-bond donors (Lipinski definition) is 1. The van der Waals surface area contributed by atoms with E-state index in [0.29, 0.717) is 4.68 Å². The normalized spacial score (nSPS) is 12.8. The van der Waals surface area contributed by atoms with Crippen LogP contribution in [0.25, 0.3) is 5.69 Å². The van der Waals surface area contributed by atoms with E-state index >= 15 is 0 Å². The number of halogens is 3. The summed E-state index contributed by atoms with van der Waals surface area (Å²) in [6.45, 7) is 1.76. The van der Waals surface area contributed by atoms with E-state index in [2.05, 4.69) is 10.4 Å². The van der Waals surface area contributed by atoms with Crippen molar-refractivity contribution in [3.8, 4) is 5.69 Å². The number of hydrogen-bond acceptors (Lipinski definition) is 2. The minimum Gasteiger partial charge on any atom is -0.344 e. The Hall–Kier alpha value is -3.03. The van der Waals surface area contributed by atoms with E-state index in [1.54, 1.807) is 6.92 Å². The summed E-state index contributed by atoms with van der Waals surface area (Å²) >= 11 is 0. The number of rotatable bonds is 4. The van der Waals surface area contributed by atoms with Crippen molar-refractivity contribution in [1.29, 1.82) is 0 Å². The molecule has 0 aliphatic rings. The van der Waals surface area contributed by atoms with Gasteiger partial charge in [-0.3, -0.25) is 9.48 Å². The first-order valence-corrected chi connectivity index (χ1v) is 7.91. The predicted molar refractivity (Wildman–Crippen MR) is 89.9 cm³/mol. The zero-order chi connectivity index (χ0) is 18.9. The highest BCUT2D eigenvalue weighted by Gasteiger charge is 2.35. The number of nitrogens with zero attached hydrogens (tertiary/aromatic N) is 3.